The normalized spacial score (nSPS) is 10.5. The number of hydrogen-bond donors (Lipinski definition) is 1. The number of fused-ring (bicyclic) bond motifs is 1. The van der Waals surface area contributed by atoms with Gasteiger partial charge in [-0.25, -0.2) is 9.18 Å². The first-order valence-corrected chi connectivity index (χ1v) is 4.38. The Morgan fingerprint density at radius 1 is 1.47 bits per heavy atom. The number of carboxylic acid groups (broad SMARTS) is 1. The molecule has 1 heterocycles. The lowest BCUT2D eigenvalue weighted by Crippen LogP contribution is -2.03. The number of benzene rings is 1. The quantitative estimate of drug-likeness (QED) is 0.777. The SMILES string of the molecule is Cc1cccc2c(C(=O)O)c(F)cnc12. The molecule has 2 rings (SSSR count). The molecule has 2 aromatic rings. The Morgan fingerprint density at radius 2 is 2.20 bits per heavy atom. The minimum atomic E-state index is -1.27. The largest absolute Gasteiger partial charge is 0.478 e. The second kappa shape index (κ2) is 3.31. The standard InChI is InChI=1S/C11H8FNO2/c1-6-3-2-4-7-9(11(14)15)8(12)5-13-10(6)7/h2-5H,1H3,(H,14,15). The van der Waals surface area contributed by atoms with Crippen LogP contribution in [0.15, 0.2) is 24.4 Å². The van der Waals surface area contributed by atoms with Gasteiger partial charge in [-0.15, -0.1) is 0 Å². The lowest BCUT2D eigenvalue weighted by atomic mass is 10.1. The maximum atomic E-state index is 13.3. The molecule has 0 bridgehead atoms. The molecule has 0 fully saturated rings. The molecule has 0 aliphatic rings. The van der Waals surface area contributed by atoms with Crippen LogP contribution in [0.2, 0.25) is 0 Å². The predicted octanol–water partition coefficient (Wildman–Crippen LogP) is 2.38. The van der Waals surface area contributed by atoms with Gasteiger partial charge in [-0.2, -0.15) is 0 Å². The Balaban J connectivity index is 2.94. The number of aryl methyl sites for hydroxylation is 1. The summed E-state index contributed by atoms with van der Waals surface area (Å²) in [6.07, 6.45) is 0.943. The van der Waals surface area contributed by atoms with Gasteiger partial charge in [0.15, 0.2) is 5.82 Å². The van der Waals surface area contributed by atoms with Gasteiger partial charge in [-0.05, 0) is 12.5 Å². The molecule has 0 saturated heterocycles. The molecule has 0 spiro atoms. The first-order chi connectivity index (χ1) is 7.11. The van der Waals surface area contributed by atoms with E-state index in [4.69, 9.17) is 5.11 Å². The zero-order valence-electron chi connectivity index (χ0n) is 7.99. The van der Waals surface area contributed by atoms with Crippen LogP contribution in [-0.4, -0.2) is 16.1 Å². The summed E-state index contributed by atoms with van der Waals surface area (Å²) in [4.78, 5) is 14.8. The fraction of sp³-hybridized carbons (Fsp3) is 0.0909. The lowest BCUT2D eigenvalue weighted by Gasteiger charge is -2.04. The third-order valence-corrected chi connectivity index (χ3v) is 2.27. The number of aromatic nitrogens is 1. The third kappa shape index (κ3) is 1.44. The van der Waals surface area contributed by atoms with Crippen LogP contribution in [0.5, 0.6) is 0 Å². The van der Waals surface area contributed by atoms with E-state index >= 15 is 0 Å². The van der Waals surface area contributed by atoms with E-state index in [9.17, 15) is 9.18 Å². The van der Waals surface area contributed by atoms with Gasteiger partial charge >= 0.3 is 5.97 Å². The monoisotopic (exact) mass is 205 g/mol. The van der Waals surface area contributed by atoms with Crippen LogP contribution >= 0.6 is 0 Å². The summed E-state index contributed by atoms with van der Waals surface area (Å²) in [5, 5.41) is 9.22. The molecule has 0 radical (unpaired) electrons. The molecule has 0 unspecified atom stereocenters. The van der Waals surface area contributed by atoms with Crippen LogP contribution in [0.4, 0.5) is 4.39 Å². The zero-order valence-corrected chi connectivity index (χ0v) is 7.99. The highest BCUT2D eigenvalue weighted by atomic mass is 19.1. The van der Waals surface area contributed by atoms with Gasteiger partial charge in [-0.3, -0.25) is 4.98 Å². The van der Waals surface area contributed by atoms with E-state index in [0.29, 0.717) is 10.9 Å². The van der Waals surface area contributed by atoms with Crippen molar-refractivity contribution < 1.29 is 14.3 Å². The molecule has 0 aliphatic carbocycles. The Morgan fingerprint density at radius 3 is 2.87 bits per heavy atom. The average Bonchev–Trinajstić information content (AvgIpc) is 2.17. The highest BCUT2D eigenvalue weighted by Gasteiger charge is 2.15. The Bertz CT molecular complexity index is 552. The molecule has 0 atom stereocenters. The molecular formula is C11H8FNO2. The van der Waals surface area contributed by atoms with Crippen LogP contribution in [-0.2, 0) is 0 Å². The minimum absolute atomic E-state index is 0.316. The first kappa shape index (κ1) is 9.58. The van der Waals surface area contributed by atoms with Crippen molar-refractivity contribution in [2.45, 2.75) is 6.92 Å². The highest BCUT2D eigenvalue weighted by Crippen LogP contribution is 2.21. The molecule has 1 aromatic carbocycles. The molecule has 1 aromatic heterocycles. The Kier molecular flexibility index (Phi) is 2.11. The number of pyridine rings is 1. The summed E-state index contributed by atoms with van der Waals surface area (Å²) in [5.74, 6) is -2.08. The van der Waals surface area contributed by atoms with Gasteiger partial charge < -0.3 is 5.11 Å². The second-order valence-electron chi connectivity index (χ2n) is 3.26. The van der Waals surface area contributed by atoms with Gasteiger partial charge in [0.2, 0.25) is 0 Å². The second-order valence-corrected chi connectivity index (χ2v) is 3.26. The van der Waals surface area contributed by atoms with E-state index in [1.165, 1.54) is 0 Å². The van der Waals surface area contributed by atoms with E-state index in [2.05, 4.69) is 4.98 Å². The number of aromatic carboxylic acids is 1. The number of hydrogen-bond acceptors (Lipinski definition) is 2. The molecule has 3 nitrogen and oxygen atoms in total. The van der Waals surface area contributed by atoms with Crippen molar-refractivity contribution in [3.63, 3.8) is 0 Å². The van der Waals surface area contributed by atoms with Crippen LogP contribution < -0.4 is 0 Å². The molecule has 0 saturated carbocycles. The summed E-state index contributed by atoms with van der Waals surface area (Å²) in [7, 11) is 0. The Hall–Kier alpha value is -1.97. The van der Waals surface area contributed by atoms with Crippen molar-refractivity contribution in [3.8, 4) is 0 Å². The minimum Gasteiger partial charge on any atom is -0.478 e. The Labute approximate surface area is 85.2 Å². The van der Waals surface area contributed by atoms with Crippen LogP contribution in [0.3, 0.4) is 0 Å². The predicted molar refractivity (Wildman–Crippen MR) is 53.4 cm³/mol. The lowest BCUT2D eigenvalue weighted by molar-refractivity contribution is 0.0694. The summed E-state index contributed by atoms with van der Waals surface area (Å²) in [6.45, 7) is 1.80. The highest BCUT2D eigenvalue weighted by molar-refractivity contribution is 6.03. The van der Waals surface area contributed by atoms with Gasteiger partial charge in [-0.1, -0.05) is 18.2 Å². The van der Waals surface area contributed by atoms with Gasteiger partial charge in [0, 0.05) is 5.39 Å². The number of para-hydroxylation sites is 1. The van der Waals surface area contributed by atoms with Gasteiger partial charge in [0.25, 0.3) is 0 Å². The van der Waals surface area contributed by atoms with Crippen LogP contribution in [0.25, 0.3) is 10.9 Å². The number of rotatable bonds is 1. The molecular weight excluding hydrogens is 197 g/mol. The van der Waals surface area contributed by atoms with Gasteiger partial charge in [0.05, 0.1) is 11.7 Å². The van der Waals surface area contributed by atoms with Crippen LogP contribution in [0, 0.1) is 12.7 Å². The molecule has 0 aliphatic heterocycles. The van der Waals surface area contributed by atoms with Crippen molar-refractivity contribution >= 4 is 16.9 Å². The third-order valence-electron chi connectivity index (χ3n) is 2.27. The molecule has 4 heteroatoms. The fourth-order valence-electron chi connectivity index (χ4n) is 1.56. The van der Waals surface area contributed by atoms with Crippen molar-refractivity contribution in [1.29, 1.82) is 0 Å². The number of carboxylic acids is 1. The number of halogens is 1. The van der Waals surface area contributed by atoms with E-state index in [-0.39, 0.29) is 5.56 Å². The van der Waals surface area contributed by atoms with Gasteiger partial charge in [0.1, 0.15) is 5.56 Å². The maximum Gasteiger partial charge on any atom is 0.339 e. The maximum absolute atomic E-state index is 13.3. The summed E-state index contributed by atoms with van der Waals surface area (Å²) < 4.78 is 13.3. The van der Waals surface area contributed by atoms with Crippen molar-refractivity contribution in [2.24, 2.45) is 0 Å². The average molecular weight is 205 g/mol. The topological polar surface area (TPSA) is 50.2 Å². The number of nitrogens with zero attached hydrogens (tertiary/aromatic N) is 1. The summed E-state index contributed by atoms with van der Waals surface area (Å²) >= 11 is 0. The first-order valence-electron chi connectivity index (χ1n) is 4.38. The molecule has 76 valence electrons. The van der Waals surface area contributed by atoms with Crippen molar-refractivity contribution in [2.75, 3.05) is 0 Å². The van der Waals surface area contributed by atoms with Crippen LogP contribution in [0.1, 0.15) is 15.9 Å². The number of carbonyl (C=O) groups is 1. The molecule has 0 amide bonds. The van der Waals surface area contributed by atoms with E-state index in [1.807, 2.05) is 0 Å². The fourth-order valence-corrected chi connectivity index (χ4v) is 1.56. The smallest absolute Gasteiger partial charge is 0.339 e. The zero-order chi connectivity index (χ0) is 11.0. The summed E-state index contributed by atoms with van der Waals surface area (Å²) in [5.41, 5.74) is 1.04. The van der Waals surface area contributed by atoms with E-state index < -0.39 is 11.8 Å². The molecule has 1 N–H and O–H groups in total. The van der Waals surface area contributed by atoms with Crippen molar-refractivity contribution in [1.82, 2.24) is 4.98 Å². The van der Waals surface area contributed by atoms with E-state index in [0.717, 1.165) is 11.8 Å². The molecule has 15 heavy (non-hydrogen) atoms. The van der Waals surface area contributed by atoms with E-state index in [1.54, 1.807) is 25.1 Å². The summed E-state index contributed by atoms with van der Waals surface area (Å²) in [6, 6.07) is 5.05. The van der Waals surface area contributed by atoms with Crippen molar-refractivity contribution in [3.05, 3.63) is 41.3 Å².